The Kier molecular flexibility index (Phi) is 6.67. The maximum absolute atomic E-state index is 12.8. The van der Waals surface area contributed by atoms with Gasteiger partial charge in [0.1, 0.15) is 0 Å². The summed E-state index contributed by atoms with van der Waals surface area (Å²) in [4.78, 5) is 29.0. The van der Waals surface area contributed by atoms with Crippen LogP contribution in [0, 0.1) is 5.92 Å². The standard InChI is InChI=1S/C21H30N2O3/c1-2-26-21(25)18-10-6-13-23(15-18)20(24)16-22-12-7-11-19(22)14-17-8-4-3-5-9-17/h3-5,8-9,18-19H,2,6-7,10-16H2,1H3/t18-,19+/m1/s1. The van der Waals surface area contributed by atoms with Crippen LogP contribution in [0.1, 0.15) is 38.2 Å². The summed E-state index contributed by atoms with van der Waals surface area (Å²) in [6.45, 7) is 4.94. The number of carbonyl (C=O) groups excluding carboxylic acids is 2. The molecule has 0 aliphatic carbocycles. The van der Waals surface area contributed by atoms with Crippen molar-refractivity contribution < 1.29 is 14.3 Å². The van der Waals surface area contributed by atoms with Crippen molar-refractivity contribution in [3.8, 4) is 0 Å². The number of hydrogen-bond donors (Lipinski definition) is 0. The van der Waals surface area contributed by atoms with E-state index in [1.54, 1.807) is 0 Å². The van der Waals surface area contributed by atoms with Gasteiger partial charge in [0.2, 0.25) is 5.91 Å². The molecule has 26 heavy (non-hydrogen) atoms. The summed E-state index contributed by atoms with van der Waals surface area (Å²) in [5.41, 5.74) is 1.33. The van der Waals surface area contributed by atoms with Crippen LogP contribution in [0.25, 0.3) is 0 Å². The van der Waals surface area contributed by atoms with Crippen molar-refractivity contribution >= 4 is 11.9 Å². The number of esters is 1. The number of carbonyl (C=O) groups is 2. The Morgan fingerprint density at radius 2 is 1.88 bits per heavy atom. The molecule has 0 N–H and O–H groups in total. The molecule has 2 aliphatic heterocycles. The van der Waals surface area contributed by atoms with Crippen LogP contribution in [0.3, 0.4) is 0 Å². The van der Waals surface area contributed by atoms with E-state index in [-0.39, 0.29) is 17.8 Å². The third-order valence-corrected chi connectivity index (χ3v) is 5.55. The predicted molar refractivity (Wildman–Crippen MR) is 101 cm³/mol. The van der Waals surface area contributed by atoms with Gasteiger partial charge in [-0.1, -0.05) is 30.3 Å². The third-order valence-electron chi connectivity index (χ3n) is 5.55. The molecule has 2 atom stereocenters. The van der Waals surface area contributed by atoms with Crippen molar-refractivity contribution in [3.63, 3.8) is 0 Å². The number of hydrogen-bond acceptors (Lipinski definition) is 4. The molecule has 2 fully saturated rings. The monoisotopic (exact) mass is 358 g/mol. The molecule has 5 heteroatoms. The van der Waals surface area contributed by atoms with Gasteiger partial charge in [-0.05, 0) is 51.1 Å². The fourth-order valence-corrected chi connectivity index (χ4v) is 4.15. The lowest BCUT2D eigenvalue weighted by atomic mass is 9.98. The molecule has 0 radical (unpaired) electrons. The minimum atomic E-state index is -0.161. The fraction of sp³-hybridized carbons (Fsp3) is 0.619. The normalized spacial score (nSPS) is 23.8. The first-order valence-electron chi connectivity index (χ1n) is 9.89. The second-order valence-corrected chi connectivity index (χ2v) is 7.39. The maximum atomic E-state index is 12.8. The van der Waals surface area contributed by atoms with Crippen molar-refractivity contribution in [2.45, 2.75) is 45.1 Å². The van der Waals surface area contributed by atoms with Crippen LogP contribution in [0.4, 0.5) is 0 Å². The minimum Gasteiger partial charge on any atom is -0.466 e. The van der Waals surface area contributed by atoms with Gasteiger partial charge in [-0.2, -0.15) is 0 Å². The minimum absolute atomic E-state index is 0.152. The van der Waals surface area contributed by atoms with Gasteiger partial charge in [0.05, 0.1) is 19.1 Å². The van der Waals surface area contributed by atoms with E-state index in [1.807, 2.05) is 17.9 Å². The van der Waals surface area contributed by atoms with E-state index < -0.39 is 0 Å². The van der Waals surface area contributed by atoms with Gasteiger partial charge in [0.25, 0.3) is 0 Å². The topological polar surface area (TPSA) is 49.9 Å². The molecule has 0 spiro atoms. The summed E-state index contributed by atoms with van der Waals surface area (Å²) in [5, 5.41) is 0. The highest BCUT2D eigenvalue weighted by Crippen LogP contribution is 2.23. The number of piperidine rings is 1. The Hall–Kier alpha value is -1.88. The van der Waals surface area contributed by atoms with E-state index in [2.05, 4.69) is 29.2 Å². The van der Waals surface area contributed by atoms with Crippen molar-refractivity contribution in [3.05, 3.63) is 35.9 Å². The number of likely N-dealkylation sites (tertiary alicyclic amines) is 2. The molecule has 1 amide bonds. The number of benzene rings is 1. The van der Waals surface area contributed by atoms with Crippen LogP contribution in [-0.2, 0) is 20.7 Å². The average molecular weight is 358 g/mol. The molecule has 1 aromatic carbocycles. The lowest BCUT2D eigenvalue weighted by Gasteiger charge is -2.33. The SMILES string of the molecule is CCOC(=O)[C@@H]1CCCN(C(=O)CN2CCC[C@H]2Cc2ccccc2)C1. The molecule has 0 unspecified atom stereocenters. The van der Waals surface area contributed by atoms with Crippen molar-refractivity contribution in [2.75, 3.05) is 32.8 Å². The number of ether oxygens (including phenoxy) is 1. The van der Waals surface area contributed by atoms with Crippen LogP contribution in [0.15, 0.2) is 30.3 Å². The summed E-state index contributed by atoms with van der Waals surface area (Å²) in [6.07, 6.45) is 5.00. The fourth-order valence-electron chi connectivity index (χ4n) is 4.15. The summed E-state index contributed by atoms with van der Waals surface area (Å²) in [7, 11) is 0. The molecule has 5 nitrogen and oxygen atoms in total. The second-order valence-electron chi connectivity index (χ2n) is 7.39. The zero-order valence-electron chi connectivity index (χ0n) is 15.7. The predicted octanol–water partition coefficient (Wildman–Crippen LogP) is 2.50. The molecule has 2 heterocycles. The summed E-state index contributed by atoms with van der Waals surface area (Å²) in [6, 6.07) is 10.9. The van der Waals surface area contributed by atoms with E-state index >= 15 is 0 Å². The number of amides is 1. The molecule has 1 aromatic rings. The van der Waals surface area contributed by atoms with Gasteiger partial charge in [0, 0.05) is 19.1 Å². The van der Waals surface area contributed by atoms with Gasteiger partial charge < -0.3 is 9.64 Å². The molecule has 142 valence electrons. The summed E-state index contributed by atoms with van der Waals surface area (Å²) >= 11 is 0. The van der Waals surface area contributed by atoms with Crippen molar-refractivity contribution in [1.82, 2.24) is 9.80 Å². The van der Waals surface area contributed by atoms with Gasteiger partial charge in [-0.3, -0.25) is 14.5 Å². The van der Waals surface area contributed by atoms with E-state index in [1.165, 1.54) is 5.56 Å². The first-order chi connectivity index (χ1) is 12.7. The van der Waals surface area contributed by atoms with Crippen LogP contribution in [0.2, 0.25) is 0 Å². The number of rotatable bonds is 6. The quantitative estimate of drug-likeness (QED) is 0.733. The lowest BCUT2D eigenvalue weighted by Crippen LogP contribution is -2.47. The maximum Gasteiger partial charge on any atom is 0.310 e. The Labute approximate surface area is 156 Å². The van der Waals surface area contributed by atoms with Gasteiger partial charge in [-0.25, -0.2) is 0 Å². The highest BCUT2D eigenvalue weighted by molar-refractivity contribution is 5.80. The molecule has 2 aliphatic rings. The smallest absolute Gasteiger partial charge is 0.310 e. The first kappa shape index (κ1) is 18.9. The van der Waals surface area contributed by atoms with E-state index in [4.69, 9.17) is 4.74 Å². The largest absolute Gasteiger partial charge is 0.466 e. The zero-order chi connectivity index (χ0) is 18.4. The van der Waals surface area contributed by atoms with Crippen LogP contribution in [0.5, 0.6) is 0 Å². The average Bonchev–Trinajstić information content (AvgIpc) is 3.09. The molecule has 0 bridgehead atoms. The van der Waals surface area contributed by atoms with E-state index in [0.29, 0.717) is 25.7 Å². The van der Waals surface area contributed by atoms with Crippen molar-refractivity contribution in [2.24, 2.45) is 5.92 Å². The second kappa shape index (κ2) is 9.17. The van der Waals surface area contributed by atoms with Gasteiger partial charge in [-0.15, -0.1) is 0 Å². The Bertz CT molecular complexity index is 605. The van der Waals surface area contributed by atoms with Crippen LogP contribution < -0.4 is 0 Å². The van der Waals surface area contributed by atoms with Gasteiger partial charge >= 0.3 is 5.97 Å². The zero-order valence-corrected chi connectivity index (χ0v) is 15.7. The molecular weight excluding hydrogens is 328 g/mol. The summed E-state index contributed by atoms with van der Waals surface area (Å²) < 4.78 is 5.14. The van der Waals surface area contributed by atoms with Gasteiger partial charge in [0.15, 0.2) is 0 Å². The summed E-state index contributed by atoms with van der Waals surface area (Å²) in [5.74, 6) is -0.168. The lowest BCUT2D eigenvalue weighted by molar-refractivity contribution is -0.151. The molecule has 2 saturated heterocycles. The highest BCUT2D eigenvalue weighted by Gasteiger charge is 2.32. The molecule has 0 aromatic heterocycles. The van der Waals surface area contributed by atoms with Crippen molar-refractivity contribution in [1.29, 1.82) is 0 Å². The first-order valence-corrected chi connectivity index (χ1v) is 9.89. The molecule has 3 rings (SSSR count). The molecule has 0 saturated carbocycles. The van der Waals surface area contributed by atoms with E-state index in [0.717, 1.165) is 45.2 Å². The molecular formula is C21H30N2O3. The van der Waals surface area contributed by atoms with Crippen LogP contribution in [-0.4, -0.2) is 60.5 Å². The number of nitrogens with zero attached hydrogens (tertiary/aromatic N) is 2. The highest BCUT2D eigenvalue weighted by atomic mass is 16.5. The van der Waals surface area contributed by atoms with Crippen LogP contribution >= 0.6 is 0 Å². The Morgan fingerprint density at radius 3 is 2.65 bits per heavy atom. The third kappa shape index (κ3) is 4.85. The van der Waals surface area contributed by atoms with E-state index in [9.17, 15) is 9.59 Å². The Balaban J connectivity index is 1.54. The Morgan fingerprint density at radius 1 is 1.12 bits per heavy atom.